The van der Waals surface area contributed by atoms with E-state index in [4.69, 9.17) is 9.90 Å². The molecule has 5 heterocycles. The van der Waals surface area contributed by atoms with Gasteiger partial charge >= 0.3 is 12.1 Å². The second-order valence-corrected chi connectivity index (χ2v) is 9.86. The van der Waals surface area contributed by atoms with E-state index in [1.807, 2.05) is 42.7 Å². The van der Waals surface area contributed by atoms with Crippen LogP contribution in [-0.2, 0) is 11.3 Å². The van der Waals surface area contributed by atoms with Crippen molar-refractivity contribution in [2.75, 3.05) is 13.1 Å². The Balaban J connectivity index is 0.000000451. The largest absolute Gasteiger partial charge is 0.490 e. The van der Waals surface area contributed by atoms with E-state index in [2.05, 4.69) is 59.9 Å². The Hall–Kier alpha value is -4.84. The van der Waals surface area contributed by atoms with E-state index in [1.54, 1.807) is 12.4 Å². The van der Waals surface area contributed by atoms with E-state index in [-0.39, 0.29) is 5.56 Å². The number of aliphatic carboxylic acids is 1. The normalized spacial score (nSPS) is 14.4. The van der Waals surface area contributed by atoms with Gasteiger partial charge in [-0.25, -0.2) is 14.8 Å². The van der Waals surface area contributed by atoms with E-state index in [1.165, 1.54) is 5.56 Å². The van der Waals surface area contributed by atoms with E-state index in [0.29, 0.717) is 16.9 Å². The zero-order valence-corrected chi connectivity index (χ0v) is 22.3. The summed E-state index contributed by atoms with van der Waals surface area (Å²) in [5.41, 5.74) is 5.68. The fourth-order valence-corrected chi connectivity index (χ4v) is 4.83. The van der Waals surface area contributed by atoms with Gasteiger partial charge in [0.1, 0.15) is 5.69 Å². The lowest BCUT2D eigenvalue weighted by molar-refractivity contribution is -0.192. The second-order valence-electron chi connectivity index (χ2n) is 9.86. The van der Waals surface area contributed by atoms with Gasteiger partial charge in [-0.3, -0.25) is 14.7 Å². The van der Waals surface area contributed by atoms with Crippen LogP contribution in [-0.4, -0.2) is 59.7 Å². The summed E-state index contributed by atoms with van der Waals surface area (Å²) >= 11 is 0. The van der Waals surface area contributed by atoms with Crippen molar-refractivity contribution < 1.29 is 23.1 Å². The highest BCUT2D eigenvalue weighted by molar-refractivity contribution is 5.80. The van der Waals surface area contributed by atoms with Gasteiger partial charge in [0.2, 0.25) is 0 Å². The fourth-order valence-electron chi connectivity index (χ4n) is 4.83. The standard InChI is InChI=1S/C28H26N6O.C2HF3O2/c35-28-23-8-9-24(32-25(23)10-14-30-28)21-6-4-20(5-7-21)17-33-15-11-22(12-16-33)34-18-27(31-19-34)26-3-1-2-13-29-26;3-2(4,5)1(6)7/h1-10,13-14,18-19,22H,11-12,15-17H2,(H,30,35);(H,6,7). The minimum atomic E-state index is -5.08. The molecule has 0 saturated carbocycles. The summed E-state index contributed by atoms with van der Waals surface area (Å²) in [6, 6.07) is 20.6. The van der Waals surface area contributed by atoms with Crippen LogP contribution in [0.15, 0.2) is 90.4 Å². The molecule has 0 atom stereocenters. The first-order chi connectivity index (χ1) is 20.2. The molecule has 5 aromatic rings. The Kier molecular flexibility index (Phi) is 8.43. The van der Waals surface area contributed by atoms with Crippen LogP contribution >= 0.6 is 0 Å². The number of aromatic amines is 1. The van der Waals surface area contributed by atoms with Crippen molar-refractivity contribution in [3.8, 4) is 22.6 Å². The molecular formula is C30H27F3N6O3. The van der Waals surface area contributed by atoms with E-state index < -0.39 is 12.1 Å². The minimum Gasteiger partial charge on any atom is -0.475 e. The first-order valence-electron chi connectivity index (χ1n) is 13.2. The number of aromatic nitrogens is 5. The molecule has 6 rings (SSSR count). The molecule has 0 amide bonds. The number of alkyl halides is 3. The molecule has 216 valence electrons. The van der Waals surface area contributed by atoms with Gasteiger partial charge in [0.05, 0.1) is 28.6 Å². The predicted octanol–water partition coefficient (Wildman–Crippen LogP) is 5.32. The summed E-state index contributed by atoms with van der Waals surface area (Å²) in [5.74, 6) is -2.76. The van der Waals surface area contributed by atoms with E-state index in [9.17, 15) is 18.0 Å². The molecular weight excluding hydrogens is 549 g/mol. The number of hydrogen-bond donors (Lipinski definition) is 2. The third-order valence-corrected chi connectivity index (χ3v) is 7.03. The third kappa shape index (κ3) is 6.89. The molecule has 0 bridgehead atoms. The molecule has 1 aliphatic rings. The fraction of sp³-hybridized carbons (Fsp3) is 0.233. The summed E-state index contributed by atoms with van der Waals surface area (Å²) in [6.45, 7) is 3.06. The SMILES string of the molecule is O=C(O)C(F)(F)F.O=c1[nH]ccc2nc(-c3ccc(CN4CCC(n5cnc(-c6ccccn6)c5)CC4)cc3)ccc12. The Labute approximate surface area is 238 Å². The molecule has 1 aliphatic heterocycles. The zero-order chi connectivity index (χ0) is 29.7. The van der Waals surface area contributed by atoms with Crippen molar-refractivity contribution in [3.05, 3.63) is 101 Å². The summed E-state index contributed by atoms with van der Waals surface area (Å²) in [6.07, 6.45) is 4.64. The van der Waals surface area contributed by atoms with Crippen molar-refractivity contribution in [1.82, 2.24) is 29.4 Å². The van der Waals surface area contributed by atoms with E-state index >= 15 is 0 Å². The number of H-pyrrole nitrogens is 1. The van der Waals surface area contributed by atoms with Crippen LogP contribution in [0, 0.1) is 0 Å². The lowest BCUT2D eigenvalue weighted by atomic mass is 10.0. The number of hydrogen-bond acceptors (Lipinski definition) is 6. The summed E-state index contributed by atoms with van der Waals surface area (Å²) in [4.78, 5) is 39.7. The lowest BCUT2D eigenvalue weighted by Crippen LogP contribution is -2.33. The van der Waals surface area contributed by atoms with Gasteiger partial charge in [0.15, 0.2) is 0 Å². The minimum absolute atomic E-state index is 0.109. The highest BCUT2D eigenvalue weighted by Crippen LogP contribution is 2.26. The average molecular weight is 577 g/mol. The number of nitrogens with one attached hydrogen (secondary N) is 1. The maximum atomic E-state index is 11.9. The number of likely N-dealkylation sites (tertiary alicyclic amines) is 1. The van der Waals surface area contributed by atoms with Crippen molar-refractivity contribution in [1.29, 1.82) is 0 Å². The Bertz CT molecular complexity index is 1710. The number of halogens is 3. The summed E-state index contributed by atoms with van der Waals surface area (Å²) in [5, 5.41) is 7.74. The molecule has 2 N–H and O–H groups in total. The van der Waals surface area contributed by atoms with Crippen molar-refractivity contribution >= 4 is 16.9 Å². The van der Waals surface area contributed by atoms with Gasteiger partial charge in [0.25, 0.3) is 5.56 Å². The number of rotatable bonds is 5. The number of carboxylic acid groups (broad SMARTS) is 1. The monoisotopic (exact) mass is 576 g/mol. The van der Waals surface area contributed by atoms with E-state index in [0.717, 1.165) is 55.1 Å². The van der Waals surface area contributed by atoms with Crippen LogP contribution < -0.4 is 5.56 Å². The topological polar surface area (TPSA) is 117 Å². The molecule has 1 aromatic carbocycles. The van der Waals surface area contributed by atoms with Gasteiger partial charge in [0, 0.05) is 49.8 Å². The van der Waals surface area contributed by atoms with Crippen molar-refractivity contribution in [2.24, 2.45) is 0 Å². The molecule has 0 aliphatic carbocycles. The van der Waals surface area contributed by atoms with Gasteiger partial charge in [-0.15, -0.1) is 0 Å². The van der Waals surface area contributed by atoms with Crippen LogP contribution in [0.5, 0.6) is 0 Å². The molecule has 1 fully saturated rings. The number of piperidine rings is 1. The maximum Gasteiger partial charge on any atom is 0.490 e. The molecule has 1 saturated heterocycles. The van der Waals surface area contributed by atoms with Gasteiger partial charge in [-0.05, 0) is 48.7 Å². The Morgan fingerprint density at radius 1 is 0.952 bits per heavy atom. The second kappa shape index (κ2) is 12.4. The molecule has 4 aromatic heterocycles. The summed E-state index contributed by atoms with van der Waals surface area (Å²) < 4.78 is 34.0. The molecule has 0 unspecified atom stereocenters. The maximum absolute atomic E-state index is 11.9. The van der Waals surface area contributed by atoms with Crippen molar-refractivity contribution in [2.45, 2.75) is 31.6 Å². The number of benzene rings is 1. The van der Waals surface area contributed by atoms with Crippen LogP contribution in [0.25, 0.3) is 33.5 Å². The zero-order valence-electron chi connectivity index (χ0n) is 22.3. The molecule has 0 spiro atoms. The first kappa shape index (κ1) is 28.7. The number of imidazole rings is 1. The average Bonchev–Trinajstić information content (AvgIpc) is 3.49. The van der Waals surface area contributed by atoms with Crippen LogP contribution in [0.2, 0.25) is 0 Å². The number of carbonyl (C=O) groups is 1. The number of nitrogens with zero attached hydrogens (tertiary/aromatic N) is 5. The Morgan fingerprint density at radius 3 is 2.36 bits per heavy atom. The van der Waals surface area contributed by atoms with Crippen LogP contribution in [0.3, 0.4) is 0 Å². The first-order valence-corrected chi connectivity index (χ1v) is 13.2. The predicted molar refractivity (Wildman–Crippen MR) is 150 cm³/mol. The number of fused-ring (bicyclic) bond motifs is 1. The highest BCUT2D eigenvalue weighted by Gasteiger charge is 2.38. The summed E-state index contributed by atoms with van der Waals surface area (Å²) in [7, 11) is 0. The number of pyridine rings is 3. The van der Waals surface area contributed by atoms with Gasteiger partial charge in [-0.2, -0.15) is 13.2 Å². The van der Waals surface area contributed by atoms with Crippen LogP contribution in [0.4, 0.5) is 13.2 Å². The number of carboxylic acids is 1. The smallest absolute Gasteiger partial charge is 0.475 e. The Morgan fingerprint density at radius 2 is 1.69 bits per heavy atom. The van der Waals surface area contributed by atoms with Gasteiger partial charge < -0.3 is 14.7 Å². The molecule has 0 radical (unpaired) electrons. The molecule has 12 heteroatoms. The third-order valence-electron chi connectivity index (χ3n) is 7.03. The molecule has 9 nitrogen and oxygen atoms in total. The highest BCUT2D eigenvalue weighted by atomic mass is 19.4. The van der Waals surface area contributed by atoms with Gasteiger partial charge in [-0.1, -0.05) is 30.3 Å². The van der Waals surface area contributed by atoms with Crippen LogP contribution in [0.1, 0.15) is 24.4 Å². The lowest BCUT2D eigenvalue weighted by Gasteiger charge is -2.32. The van der Waals surface area contributed by atoms with Crippen molar-refractivity contribution in [3.63, 3.8) is 0 Å². The molecule has 42 heavy (non-hydrogen) atoms. The quantitative estimate of drug-likeness (QED) is 0.291.